The van der Waals surface area contributed by atoms with E-state index in [1.54, 1.807) is 24.3 Å². The van der Waals surface area contributed by atoms with Gasteiger partial charge in [-0.1, -0.05) is 35.9 Å². The maximum absolute atomic E-state index is 12.9. The molecule has 0 aliphatic rings. The molecule has 0 unspecified atom stereocenters. The molecular weight excluding hydrogens is 393 g/mol. The molecule has 3 aromatic rings. The van der Waals surface area contributed by atoms with Gasteiger partial charge >= 0.3 is 6.18 Å². The van der Waals surface area contributed by atoms with Crippen LogP contribution in [0.5, 0.6) is 0 Å². The molecule has 0 saturated heterocycles. The monoisotopic (exact) mass is 406 g/mol. The lowest BCUT2D eigenvalue weighted by Gasteiger charge is -2.11. The van der Waals surface area contributed by atoms with Crippen LogP contribution in [0.2, 0.25) is 5.02 Å². The minimum Gasteiger partial charge on any atom is -0.320 e. The van der Waals surface area contributed by atoms with Crippen LogP contribution in [-0.2, 0) is 12.7 Å². The number of aromatic nitrogens is 1. The Balaban J connectivity index is 1.87. The molecule has 0 spiro atoms. The van der Waals surface area contributed by atoms with Crippen LogP contribution in [-0.4, -0.2) is 10.5 Å². The number of pyridine rings is 1. The number of halogens is 4. The van der Waals surface area contributed by atoms with Gasteiger partial charge in [0.05, 0.1) is 22.8 Å². The fourth-order valence-electron chi connectivity index (χ4n) is 2.63. The van der Waals surface area contributed by atoms with Crippen molar-refractivity contribution in [3.05, 3.63) is 98.9 Å². The molecule has 1 heterocycles. The highest BCUT2D eigenvalue weighted by atomic mass is 35.5. The summed E-state index contributed by atoms with van der Waals surface area (Å²) < 4.78 is 39.8. The Morgan fingerprint density at radius 1 is 1.04 bits per heavy atom. The summed E-state index contributed by atoms with van der Waals surface area (Å²) >= 11 is 6.00. The molecule has 144 valence electrons. The summed E-state index contributed by atoms with van der Waals surface area (Å²) in [6, 6.07) is 14.1. The fraction of sp³-hybridized carbons (Fsp3) is 0.100. The normalized spacial score (nSPS) is 11.3. The number of carbonyl (C=O) groups excluding carboxylic acids is 1. The predicted octanol–water partition coefficient (Wildman–Crippen LogP) is 4.82. The Hall–Kier alpha value is -3.06. The second-order valence-corrected chi connectivity index (χ2v) is 6.39. The molecule has 0 aliphatic heterocycles. The molecule has 0 saturated carbocycles. The van der Waals surface area contributed by atoms with Crippen LogP contribution >= 0.6 is 11.6 Å². The van der Waals surface area contributed by atoms with Crippen LogP contribution in [0.25, 0.3) is 0 Å². The van der Waals surface area contributed by atoms with Gasteiger partial charge < -0.3 is 9.88 Å². The van der Waals surface area contributed by atoms with Gasteiger partial charge in [-0.15, -0.1) is 0 Å². The maximum atomic E-state index is 12.9. The fourth-order valence-corrected chi connectivity index (χ4v) is 2.81. The summed E-state index contributed by atoms with van der Waals surface area (Å²) in [6.07, 6.45) is -3.06. The van der Waals surface area contributed by atoms with Crippen molar-refractivity contribution in [2.75, 3.05) is 5.32 Å². The number of benzene rings is 2. The molecule has 2 aromatic carbocycles. The van der Waals surface area contributed by atoms with E-state index in [1.165, 1.54) is 35.0 Å². The first kappa shape index (κ1) is 19.7. The molecule has 8 heteroatoms. The minimum atomic E-state index is -4.47. The molecule has 1 amide bonds. The van der Waals surface area contributed by atoms with E-state index in [9.17, 15) is 22.8 Å². The number of para-hydroxylation sites is 1. The highest BCUT2D eigenvalue weighted by Crippen LogP contribution is 2.29. The Kier molecular flexibility index (Phi) is 5.56. The first-order valence-electron chi connectivity index (χ1n) is 8.17. The molecule has 1 N–H and O–H groups in total. The summed E-state index contributed by atoms with van der Waals surface area (Å²) in [4.78, 5) is 25.1. The van der Waals surface area contributed by atoms with Crippen LogP contribution in [0.4, 0.5) is 18.9 Å². The Morgan fingerprint density at radius 2 is 1.79 bits per heavy atom. The van der Waals surface area contributed by atoms with Crippen molar-refractivity contribution < 1.29 is 18.0 Å². The zero-order chi connectivity index (χ0) is 20.3. The molecule has 0 radical (unpaired) electrons. The van der Waals surface area contributed by atoms with Crippen molar-refractivity contribution >= 4 is 23.2 Å². The second kappa shape index (κ2) is 7.90. The molecule has 4 nitrogen and oxygen atoms in total. The maximum Gasteiger partial charge on any atom is 0.416 e. The van der Waals surface area contributed by atoms with Gasteiger partial charge in [0, 0.05) is 6.20 Å². The van der Waals surface area contributed by atoms with Gasteiger partial charge in [-0.05, 0) is 42.0 Å². The molecule has 28 heavy (non-hydrogen) atoms. The number of alkyl halides is 3. The third-order valence-electron chi connectivity index (χ3n) is 3.99. The summed E-state index contributed by atoms with van der Waals surface area (Å²) in [5, 5.41) is 2.87. The van der Waals surface area contributed by atoms with Crippen LogP contribution < -0.4 is 10.9 Å². The van der Waals surface area contributed by atoms with Crippen LogP contribution in [0.1, 0.15) is 21.5 Å². The Morgan fingerprint density at radius 3 is 2.50 bits per heavy atom. The molecule has 0 aliphatic carbocycles. The predicted molar refractivity (Wildman–Crippen MR) is 101 cm³/mol. The number of amides is 1. The summed E-state index contributed by atoms with van der Waals surface area (Å²) in [5.74, 6) is -0.656. The van der Waals surface area contributed by atoms with E-state index >= 15 is 0 Å². The minimum absolute atomic E-state index is 0.101. The number of nitrogens with zero attached hydrogens (tertiary/aromatic N) is 1. The lowest BCUT2D eigenvalue weighted by atomic mass is 10.1. The van der Waals surface area contributed by atoms with Crippen LogP contribution in [0.3, 0.4) is 0 Å². The smallest absolute Gasteiger partial charge is 0.320 e. The van der Waals surface area contributed by atoms with E-state index in [4.69, 9.17) is 11.6 Å². The van der Waals surface area contributed by atoms with Gasteiger partial charge in [0.15, 0.2) is 0 Å². The number of carbonyl (C=O) groups is 1. The molecule has 3 rings (SSSR count). The lowest BCUT2D eigenvalue weighted by molar-refractivity contribution is -0.137. The average molecular weight is 407 g/mol. The summed E-state index contributed by atoms with van der Waals surface area (Å²) in [5.41, 5.74) is -0.924. The SMILES string of the molecule is O=C(Nc1ccccc1Cl)c1cccn(Cc2cccc(C(F)(F)F)c2)c1=O. The van der Waals surface area contributed by atoms with Crippen molar-refractivity contribution in [2.45, 2.75) is 12.7 Å². The number of nitrogens with one attached hydrogen (secondary N) is 1. The van der Waals surface area contributed by atoms with Gasteiger partial charge in [-0.3, -0.25) is 9.59 Å². The van der Waals surface area contributed by atoms with Crippen molar-refractivity contribution in [3.8, 4) is 0 Å². The van der Waals surface area contributed by atoms with Gasteiger partial charge in [-0.25, -0.2) is 0 Å². The van der Waals surface area contributed by atoms with Gasteiger partial charge in [0.25, 0.3) is 11.5 Å². The molecule has 1 aromatic heterocycles. The van der Waals surface area contributed by atoms with Gasteiger partial charge in [-0.2, -0.15) is 13.2 Å². The summed E-state index contributed by atoms with van der Waals surface area (Å²) in [7, 11) is 0. The third-order valence-corrected chi connectivity index (χ3v) is 4.32. The van der Waals surface area contributed by atoms with Crippen molar-refractivity contribution in [1.82, 2.24) is 4.57 Å². The number of rotatable bonds is 4. The molecule has 0 atom stereocenters. The highest BCUT2D eigenvalue weighted by molar-refractivity contribution is 6.33. The topological polar surface area (TPSA) is 51.1 Å². The zero-order valence-corrected chi connectivity index (χ0v) is 15.1. The second-order valence-electron chi connectivity index (χ2n) is 5.99. The molecule has 0 bridgehead atoms. The van der Waals surface area contributed by atoms with Gasteiger partial charge in [0.2, 0.25) is 0 Å². The van der Waals surface area contributed by atoms with Crippen molar-refractivity contribution in [2.24, 2.45) is 0 Å². The van der Waals surface area contributed by atoms with E-state index < -0.39 is 23.2 Å². The first-order chi connectivity index (χ1) is 13.3. The quantitative estimate of drug-likeness (QED) is 0.675. The van der Waals surface area contributed by atoms with Crippen LogP contribution in [0.15, 0.2) is 71.7 Å². The number of hydrogen-bond donors (Lipinski definition) is 1. The largest absolute Gasteiger partial charge is 0.416 e. The van der Waals surface area contributed by atoms with E-state index in [2.05, 4.69) is 5.32 Å². The third kappa shape index (κ3) is 4.43. The van der Waals surface area contributed by atoms with Crippen LogP contribution in [0, 0.1) is 0 Å². The zero-order valence-electron chi connectivity index (χ0n) is 14.3. The van der Waals surface area contributed by atoms with Crippen molar-refractivity contribution in [3.63, 3.8) is 0 Å². The Labute approximate surface area is 163 Å². The first-order valence-corrected chi connectivity index (χ1v) is 8.55. The number of hydrogen-bond acceptors (Lipinski definition) is 2. The van der Waals surface area contributed by atoms with Gasteiger partial charge in [0.1, 0.15) is 5.56 Å². The summed E-state index contributed by atoms with van der Waals surface area (Å²) in [6.45, 7) is -0.101. The highest BCUT2D eigenvalue weighted by Gasteiger charge is 2.30. The van der Waals surface area contributed by atoms with E-state index in [1.807, 2.05) is 0 Å². The lowest BCUT2D eigenvalue weighted by Crippen LogP contribution is -2.29. The Bertz CT molecular complexity index is 1080. The average Bonchev–Trinajstić information content (AvgIpc) is 2.65. The van der Waals surface area contributed by atoms with E-state index in [-0.39, 0.29) is 12.1 Å². The standard InChI is InChI=1S/C20H14ClF3N2O2/c21-16-8-1-2-9-17(16)25-18(27)15-7-4-10-26(19(15)28)12-13-5-3-6-14(11-13)20(22,23)24/h1-11H,12H2,(H,25,27). The molecule has 0 fully saturated rings. The number of anilines is 1. The molecular formula is C20H14ClF3N2O2. The van der Waals surface area contributed by atoms with Crippen molar-refractivity contribution in [1.29, 1.82) is 0 Å². The van der Waals surface area contributed by atoms with E-state index in [0.717, 1.165) is 12.1 Å². The van der Waals surface area contributed by atoms with E-state index in [0.29, 0.717) is 16.3 Å².